The number of benzene rings is 1. The van der Waals surface area contributed by atoms with Crippen LogP contribution in [0.5, 0.6) is 0 Å². The number of fused-ring (bicyclic) bond motifs is 1. The maximum absolute atomic E-state index is 12.1. The lowest BCUT2D eigenvalue weighted by Gasteiger charge is -2.10. The summed E-state index contributed by atoms with van der Waals surface area (Å²) in [5.41, 5.74) is 1.81. The number of anilines is 1. The maximum atomic E-state index is 12.1. The third-order valence-corrected chi connectivity index (χ3v) is 4.93. The molecule has 6 nitrogen and oxygen atoms in total. The van der Waals surface area contributed by atoms with Gasteiger partial charge in [0.05, 0.1) is 6.54 Å². The fourth-order valence-electron chi connectivity index (χ4n) is 3.35. The molecule has 0 radical (unpaired) electrons. The van der Waals surface area contributed by atoms with Crippen LogP contribution in [0.15, 0.2) is 24.3 Å². The first-order valence-electron chi connectivity index (χ1n) is 9.33. The Morgan fingerprint density at radius 1 is 1.19 bits per heavy atom. The lowest BCUT2D eigenvalue weighted by atomic mass is 10.2. The van der Waals surface area contributed by atoms with Crippen LogP contribution in [0.3, 0.4) is 0 Å². The predicted molar refractivity (Wildman–Crippen MR) is 104 cm³/mol. The monoisotopic (exact) mass is 375 g/mol. The third kappa shape index (κ3) is 4.62. The van der Waals surface area contributed by atoms with Crippen molar-refractivity contribution in [1.82, 2.24) is 20.1 Å². The first-order chi connectivity index (χ1) is 12.3. The fraction of sp³-hybridized carbons (Fsp3) is 0.526. The molecule has 0 bridgehead atoms. The van der Waals surface area contributed by atoms with Crippen molar-refractivity contribution in [3.05, 3.63) is 30.1 Å². The SMILES string of the molecule is Cl.O=C(CNCC1CC1)Nc1cccc(-c2nnc3n2CCCCC3)c1. The standard InChI is InChI=1S/C19H25N5O.ClH/c25-18(13-20-12-14-8-9-14)21-16-6-4-5-15(11-16)19-23-22-17-7-2-1-3-10-24(17)19;/h4-6,11,14,20H,1-3,7-10,12-13H2,(H,21,25);1H. The maximum Gasteiger partial charge on any atom is 0.238 e. The molecule has 2 aromatic rings. The van der Waals surface area contributed by atoms with Gasteiger partial charge in [-0.3, -0.25) is 4.79 Å². The molecule has 4 rings (SSSR count). The zero-order valence-corrected chi connectivity index (χ0v) is 15.7. The topological polar surface area (TPSA) is 71.8 Å². The van der Waals surface area contributed by atoms with Gasteiger partial charge in [0.1, 0.15) is 5.82 Å². The normalized spacial score (nSPS) is 16.3. The Morgan fingerprint density at radius 2 is 2.08 bits per heavy atom. The summed E-state index contributed by atoms with van der Waals surface area (Å²) < 4.78 is 2.23. The zero-order valence-electron chi connectivity index (χ0n) is 14.9. The van der Waals surface area contributed by atoms with Crippen LogP contribution in [0, 0.1) is 5.92 Å². The molecule has 26 heavy (non-hydrogen) atoms. The van der Waals surface area contributed by atoms with Crippen molar-refractivity contribution in [2.24, 2.45) is 5.92 Å². The number of rotatable bonds is 6. The van der Waals surface area contributed by atoms with Crippen LogP contribution in [0.4, 0.5) is 5.69 Å². The molecule has 1 aromatic carbocycles. The van der Waals surface area contributed by atoms with E-state index in [1.165, 1.54) is 32.1 Å². The van der Waals surface area contributed by atoms with Crippen LogP contribution in [-0.4, -0.2) is 33.8 Å². The molecule has 1 fully saturated rings. The van der Waals surface area contributed by atoms with Crippen molar-refractivity contribution in [2.45, 2.75) is 45.1 Å². The number of nitrogens with zero attached hydrogens (tertiary/aromatic N) is 3. The molecule has 1 aliphatic carbocycles. The molecule has 2 N–H and O–H groups in total. The largest absolute Gasteiger partial charge is 0.325 e. The van der Waals surface area contributed by atoms with Gasteiger partial charge in [0, 0.05) is 24.2 Å². The molecule has 2 heterocycles. The lowest BCUT2D eigenvalue weighted by molar-refractivity contribution is -0.115. The molecule has 1 aliphatic heterocycles. The van der Waals surface area contributed by atoms with Gasteiger partial charge in [-0.1, -0.05) is 18.6 Å². The van der Waals surface area contributed by atoms with E-state index in [0.717, 1.165) is 48.3 Å². The van der Waals surface area contributed by atoms with Gasteiger partial charge in [0.2, 0.25) is 5.91 Å². The Hall–Kier alpha value is -1.92. The number of hydrogen-bond donors (Lipinski definition) is 2. The molecule has 0 saturated heterocycles. The first-order valence-corrected chi connectivity index (χ1v) is 9.33. The van der Waals surface area contributed by atoms with E-state index in [1.54, 1.807) is 0 Å². The van der Waals surface area contributed by atoms with E-state index < -0.39 is 0 Å². The van der Waals surface area contributed by atoms with Crippen molar-refractivity contribution in [2.75, 3.05) is 18.4 Å². The Labute approximate surface area is 160 Å². The molecular weight excluding hydrogens is 350 g/mol. The van der Waals surface area contributed by atoms with Crippen molar-refractivity contribution >= 4 is 24.0 Å². The van der Waals surface area contributed by atoms with Gasteiger partial charge in [0.25, 0.3) is 0 Å². The smallest absolute Gasteiger partial charge is 0.238 e. The van der Waals surface area contributed by atoms with Gasteiger partial charge in [-0.15, -0.1) is 22.6 Å². The molecule has 0 unspecified atom stereocenters. The summed E-state index contributed by atoms with van der Waals surface area (Å²) in [5, 5.41) is 14.9. The number of hydrogen-bond acceptors (Lipinski definition) is 4. The highest BCUT2D eigenvalue weighted by Gasteiger charge is 2.20. The van der Waals surface area contributed by atoms with Crippen molar-refractivity contribution in [1.29, 1.82) is 0 Å². The van der Waals surface area contributed by atoms with Gasteiger partial charge in [-0.05, 0) is 50.3 Å². The van der Waals surface area contributed by atoms with Crippen molar-refractivity contribution < 1.29 is 4.79 Å². The van der Waals surface area contributed by atoms with Crippen LogP contribution in [0.1, 0.15) is 37.9 Å². The van der Waals surface area contributed by atoms with Gasteiger partial charge in [0.15, 0.2) is 5.82 Å². The van der Waals surface area contributed by atoms with E-state index in [1.807, 2.05) is 24.3 Å². The molecule has 1 aromatic heterocycles. The Morgan fingerprint density at radius 3 is 2.92 bits per heavy atom. The first kappa shape index (κ1) is 18.9. The van der Waals surface area contributed by atoms with E-state index in [9.17, 15) is 4.79 Å². The average molecular weight is 376 g/mol. The Balaban J connectivity index is 0.00000196. The molecule has 2 aliphatic rings. The van der Waals surface area contributed by atoms with Crippen molar-refractivity contribution in [3.63, 3.8) is 0 Å². The Bertz CT molecular complexity index is 756. The van der Waals surface area contributed by atoms with E-state index in [0.29, 0.717) is 6.54 Å². The number of aromatic nitrogens is 3. The summed E-state index contributed by atoms with van der Waals surface area (Å²) in [5.74, 6) is 2.75. The summed E-state index contributed by atoms with van der Waals surface area (Å²) in [4.78, 5) is 12.1. The summed E-state index contributed by atoms with van der Waals surface area (Å²) >= 11 is 0. The highest BCUT2D eigenvalue weighted by atomic mass is 35.5. The second-order valence-electron chi connectivity index (χ2n) is 7.11. The molecular formula is C19H26ClN5O. The third-order valence-electron chi connectivity index (χ3n) is 4.93. The minimum atomic E-state index is -0.00197. The number of aryl methyl sites for hydroxylation is 1. The van der Waals surface area contributed by atoms with Crippen LogP contribution in [0.25, 0.3) is 11.4 Å². The highest BCUT2D eigenvalue weighted by Crippen LogP contribution is 2.27. The number of nitrogens with one attached hydrogen (secondary N) is 2. The predicted octanol–water partition coefficient (Wildman–Crippen LogP) is 3.03. The van der Waals surface area contributed by atoms with Crippen LogP contribution in [-0.2, 0) is 17.8 Å². The van der Waals surface area contributed by atoms with E-state index in [4.69, 9.17) is 0 Å². The molecule has 0 spiro atoms. The van der Waals surface area contributed by atoms with Gasteiger partial charge in [-0.25, -0.2) is 0 Å². The molecule has 1 amide bonds. The van der Waals surface area contributed by atoms with Crippen LogP contribution < -0.4 is 10.6 Å². The van der Waals surface area contributed by atoms with Crippen LogP contribution in [0.2, 0.25) is 0 Å². The highest BCUT2D eigenvalue weighted by molar-refractivity contribution is 5.92. The van der Waals surface area contributed by atoms with Crippen molar-refractivity contribution in [3.8, 4) is 11.4 Å². The number of amides is 1. The summed E-state index contributed by atoms with van der Waals surface area (Å²) in [6.07, 6.45) is 7.17. The Kier molecular flexibility index (Phi) is 6.27. The second-order valence-corrected chi connectivity index (χ2v) is 7.11. The quantitative estimate of drug-likeness (QED) is 0.814. The van der Waals surface area contributed by atoms with Gasteiger partial charge in [-0.2, -0.15) is 0 Å². The number of carbonyl (C=O) groups is 1. The van der Waals surface area contributed by atoms with E-state index in [2.05, 4.69) is 25.4 Å². The molecule has 0 atom stereocenters. The zero-order chi connectivity index (χ0) is 17.1. The average Bonchev–Trinajstić information content (AvgIpc) is 3.39. The summed E-state index contributed by atoms with van der Waals surface area (Å²) in [6, 6.07) is 7.90. The summed E-state index contributed by atoms with van der Waals surface area (Å²) in [7, 11) is 0. The minimum Gasteiger partial charge on any atom is -0.325 e. The lowest BCUT2D eigenvalue weighted by Crippen LogP contribution is -2.29. The molecule has 7 heteroatoms. The second kappa shape index (κ2) is 8.64. The molecule has 1 saturated carbocycles. The number of halogens is 1. The van der Waals surface area contributed by atoms with Gasteiger partial charge < -0.3 is 15.2 Å². The van der Waals surface area contributed by atoms with E-state index >= 15 is 0 Å². The fourth-order valence-corrected chi connectivity index (χ4v) is 3.35. The van der Waals surface area contributed by atoms with E-state index in [-0.39, 0.29) is 18.3 Å². The van der Waals surface area contributed by atoms with Gasteiger partial charge >= 0.3 is 0 Å². The summed E-state index contributed by atoms with van der Waals surface area (Å²) in [6.45, 7) is 2.28. The molecule has 140 valence electrons. The van der Waals surface area contributed by atoms with Crippen LogP contribution >= 0.6 is 12.4 Å². The minimum absolute atomic E-state index is 0. The number of carbonyl (C=O) groups excluding carboxylic acids is 1.